The Bertz CT molecular complexity index is 1230. The van der Waals surface area contributed by atoms with Crippen molar-refractivity contribution >= 4 is 17.7 Å². The van der Waals surface area contributed by atoms with E-state index in [-0.39, 0.29) is 42.3 Å². The van der Waals surface area contributed by atoms with Crippen LogP contribution in [-0.2, 0) is 16.1 Å². The second-order valence-corrected chi connectivity index (χ2v) is 10.4. The maximum atomic E-state index is 13.5. The van der Waals surface area contributed by atoms with E-state index in [4.69, 9.17) is 9.47 Å². The average molecular weight is 508 g/mol. The minimum absolute atomic E-state index is 0.0327. The molecule has 3 fully saturated rings. The third-order valence-electron chi connectivity index (χ3n) is 7.89. The Morgan fingerprint density at radius 3 is 2.54 bits per heavy atom. The molecule has 0 bridgehead atoms. The van der Waals surface area contributed by atoms with Gasteiger partial charge >= 0.3 is 0 Å². The number of hydrogen-bond acceptors (Lipinski definition) is 6. The van der Waals surface area contributed by atoms with Crippen molar-refractivity contribution in [3.8, 4) is 11.5 Å². The molecule has 2 saturated heterocycles. The van der Waals surface area contributed by atoms with Crippen molar-refractivity contribution in [2.24, 2.45) is 0 Å². The first-order chi connectivity index (χ1) is 17.9. The van der Waals surface area contributed by atoms with Crippen molar-refractivity contribution in [3.63, 3.8) is 0 Å². The molecule has 6 rings (SSSR count). The molecule has 8 nitrogen and oxygen atoms in total. The molecule has 2 aromatic carbocycles. The van der Waals surface area contributed by atoms with Crippen LogP contribution in [0.4, 0.5) is 4.39 Å². The molecule has 3 atom stereocenters. The number of ether oxygens (including phenoxy) is 2. The summed E-state index contributed by atoms with van der Waals surface area (Å²) in [6.45, 7) is 1.89. The molecule has 37 heavy (non-hydrogen) atoms. The van der Waals surface area contributed by atoms with Gasteiger partial charge in [-0.1, -0.05) is 12.5 Å². The number of carbonyl (C=O) groups is 3. The van der Waals surface area contributed by atoms with Gasteiger partial charge in [-0.3, -0.25) is 24.6 Å². The highest BCUT2D eigenvalue weighted by Gasteiger charge is 2.41. The van der Waals surface area contributed by atoms with Gasteiger partial charge in [0.25, 0.3) is 5.91 Å². The van der Waals surface area contributed by atoms with Crippen molar-refractivity contribution in [2.45, 2.75) is 69.4 Å². The number of carbonyl (C=O) groups excluding carboxylic acids is 3. The van der Waals surface area contributed by atoms with Crippen molar-refractivity contribution in [2.75, 3.05) is 13.1 Å². The number of amides is 3. The summed E-state index contributed by atoms with van der Waals surface area (Å²) >= 11 is 0. The number of halogens is 1. The predicted octanol–water partition coefficient (Wildman–Crippen LogP) is 3.04. The second-order valence-electron chi connectivity index (χ2n) is 10.4. The van der Waals surface area contributed by atoms with E-state index >= 15 is 0 Å². The molecule has 0 aromatic heterocycles. The van der Waals surface area contributed by atoms with Gasteiger partial charge in [0.15, 0.2) is 0 Å². The fraction of sp³-hybridized carbons (Fsp3) is 0.464. The Morgan fingerprint density at radius 1 is 0.919 bits per heavy atom. The summed E-state index contributed by atoms with van der Waals surface area (Å²) in [6.07, 6.45) is 4.90. The van der Waals surface area contributed by atoms with Crippen LogP contribution in [0.5, 0.6) is 11.5 Å². The molecular formula is C28H30FN3O5. The summed E-state index contributed by atoms with van der Waals surface area (Å²) in [6, 6.07) is 11.4. The molecule has 194 valence electrons. The summed E-state index contributed by atoms with van der Waals surface area (Å²) in [5.41, 5.74) is 1.42. The fourth-order valence-corrected chi connectivity index (χ4v) is 5.98. The standard InChI is InChI=1S/C28H30FN3O5/c29-18-4-3-5-19(13-18)36-21-15-31(16-21)23-6-1-2-7-25(23)37-20-8-9-22-17(12-20)14-32(28(22)35)24-10-11-26(33)30-27(24)34/h3-5,8-9,12-13,21,23-25H,1-2,6-7,10-11,14-16H2,(H,30,33,34). The second kappa shape index (κ2) is 9.78. The van der Waals surface area contributed by atoms with E-state index in [1.165, 1.54) is 12.1 Å². The van der Waals surface area contributed by atoms with Gasteiger partial charge in [0.1, 0.15) is 35.6 Å². The highest BCUT2D eigenvalue weighted by atomic mass is 19.1. The van der Waals surface area contributed by atoms with Crippen molar-refractivity contribution in [3.05, 3.63) is 59.4 Å². The van der Waals surface area contributed by atoms with Crippen LogP contribution >= 0.6 is 0 Å². The van der Waals surface area contributed by atoms with Crippen molar-refractivity contribution < 1.29 is 28.2 Å². The Hall–Kier alpha value is -3.46. The summed E-state index contributed by atoms with van der Waals surface area (Å²) in [5.74, 6) is 0.0920. The molecule has 3 amide bonds. The van der Waals surface area contributed by atoms with Crippen LogP contribution in [0.3, 0.4) is 0 Å². The smallest absolute Gasteiger partial charge is 0.255 e. The van der Waals surface area contributed by atoms with E-state index in [0.29, 0.717) is 24.3 Å². The first-order valence-corrected chi connectivity index (χ1v) is 13.0. The molecule has 1 aliphatic carbocycles. The summed E-state index contributed by atoms with van der Waals surface area (Å²) in [5, 5.41) is 2.34. The summed E-state index contributed by atoms with van der Waals surface area (Å²) < 4.78 is 25.9. The number of likely N-dealkylation sites (tertiary alicyclic amines) is 1. The van der Waals surface area contributed by atoms with E-state index in [2.05, 4.69) is 10.2 Å². The van der Waals surface area contributed by atoms with E-state index < -0.39 is 11.9 Å². The van der Waals surface area contributed by atoms with Gasteiger partial charge in [0.2, 0.25) is 11.8 Å². The van der Waals surface area contributed by atoms with Crippen molar-refractivity contribution in [1.82, 2.24) is 15.1 Å². The minimum Gasteiger partial charge on any atom is -0.489 e. The third-order valence-corrected chi connectivity index (χ3v) is 7.89. The number of hydrogen-bond donors (Lipinski definition) is 1. The van der Waals surface area contributed by atoms with Gasteiger partial charge in [-0.2, -0.15) is 0 Å². The van der Waals surface area contributed by atoms with Gasteiger partial charge in [-0.05, 0) is 61.6 Å². The third kappa shape index (κ3) is 4.80. The largest absolute Gasteiger partial charge is 0.489 e. The molecule has 0 radical (unpaired) electrons. The van der Waals surface area contributed by atoms with Crippen molar-refractivity contribution in [1.29, 1.82) is 0 Å². The van der Waals surface area contributed by atoms with Gasteiger partial charge in [0.05, 0.1) is 0 Å². The predicted molar refractivity (Wildman–Crippen MR) is 132 cm³/mol. The maximum Gasteiger partial charge on any atom is 0.255 e. The molecule has 3 heterocycles. The van der Waals surface area contributed by atoms with Gasteiger partial charge < -0.3 is 14.4 Å². The topological polar surface area (TPSA) is 88.2 Å². The molecular weight excluding hydrogens is 477 g/mol. The lowest BCUT2D eigenvalue weighted by Crippen LogP contribution is -2.62. The first-order valence-electron chi connectivity index (χ1n) is 13.0. The molecule has 9 heteroatoms. The Kier molecular flexibility index (Phi) is 6.32. The average Bonchev–Trinajstić information content (AvgIpc) is 3.17. The van der Waals surface area contributed by atoms with Crippen LogP contribution in [-0.4, -0.2) is 64.9 Å². The molecule has 0 spiro atoms. The Balaban J connectivity index is 1.09. The molecule has 2 aromatic rings. The van der Waals surface area contributed by atoms with Crippen LogP contribution in [0.1, 0.15) is 54.4 Å². The molecule has 1 N–H and O–H groups in total. The highest BCUT2D eigenvalue weighted by molar-refractivity contribution is 6.05. The lowest BCUT2D eigenvalue weighted by Gasteiger charge is -2.47. The number of nitrogens with zero attached hydrogens (tertiary/aromatic N) is 2. The Labute approximate surface area is 214 Å². The number of fused-ring (bicyclic) bond motifs is 1. The number of nitrogens with one attached hydrogen (secondary N) is 1. The van der Waals surface area contributed by atoms with Crippen LogP contribution in [0, 0.1) is 5.82 Å². The van der Waals surface area contributed by atoms with Crippen LogP contribution in [0.25, 0.3) is 0 Å². The van der Waals surface area contributed by atoms with Crippen LogP contribution in [0.2, 0.25) is 0 Å². The quantitative estimate of drug-likeness (QED) is 0.605. The lowest BCUT2D eigenvalue weighted by molar-refractivity contribution is -0.136. The van der Waals surface area contributed by atoms with Crippen LogP contribution in [0.15, 0.2) is 42.5 Å². The number of imide groups is 1. The normalized spacial score (nSPS) is 26.5. The lowest BCUT2D eigenvalue weighted by atomic mass is 9.89. The van der Waals surface area contributed by atoms with Gasteiger partial charge in [0, 0.05) is 43.7 Å². The molecule has 4 aliphatic rings. The zero-order valence-corrected chi connectivity index (χ0v) is 20.5. The van der Waals surface area contributed by atoms with E-state index in [1.54, 1.807) is 23.1 Å². The number of rotatable bonds is 6. The van der Waals surface area contributed by atoms with E-state index in [1.807, 2.05) is 12.1 Å². The zero-order valence-electron chi connectivity index (χ0n) is 20.5. The minimum atomic E-state index is -0.626. The molecule has 3 unspecified atom stereocenters. The van der Waals surface area contributed by atoms with Gasteiger partial charge in [-0.25, -0.2) is 4.39 Å². The summed E-state index contributed by atoms with van der Waals surface area (Å²) in [4.78, 5) is 40.7. The maximum absolute atomic E-state index is 13.5. The number of piperidine rings is 1. The van der Waals surface area contributed by atoms with Gasteiger partial charge in [-0.15, -0.1) is 0 Å². The van der Waals surface area contributed by atoms with Crippen LogP contribution < -0.4 is 14.8 Å². The molecule has 1 saturated carbocycles. The zero-order chi connectivity index (χ0) is 25.5. The van der Waals surface area contributed by atoms with E-state index in [0.717, 1.165) is 50.1 Å². The Morgan fingerprint density at radius 2 is 1.73 bits per heavy atom. The fourth-order valence-electron chi connectivity index (χ4n) is 5.98. The molecule has 3 aliphatic heterocycles. The summed E-state index contributed by atoms with van der Waals surface area (Å²) in [7, 11) is 0. The highest BCUT2D eigenvalue weighted by Crippen LogP contribution is 2.34. The number of benzene rings is 2. The SMILES string of the molecule is O=C1CCC(N2Cc3cc(OC4CCCCC4N4CC(Oc5cccc(F)c5)C4)ccc3C2=O)C(=O)N1. The monoisotopic (exact) mass is 507 g/mol. The first kappa shape index (κ1) is 23.9. The van der Waals surface area contributed by atoms with E-state index in [9.17, 15) is 18.8 Å².